The number of oxime groups is 2. The van der Waals surface area contributed by atoms with Gasteiger partial charge in [-0.3, -0.25) is 0 Å². The van der Waals surface area contributed by atoms with E-state index >= 15 is 0 Å². The normalized spacial score (nSPS) is 18.7. The lowest BCUT2D eigenvalue weighted by Gasteiger charge is -2.49. The number of carbonyl (C=O) groups is 4. The summed E-state index contributed by atoms with van der Waals surface area (Å²) < 4.78 is 16.0. The minimum Gasteiger partial charge on any atom is -0.476 e. The third-order valence-corrected chi connectivity index (χ3v) is 9.16. The van der Waals surface area contributed by atoms with Gasteiger partial charge in [-0.15, -0.1) is 22.7 Å². The summed E-state index contributed by atoms with van der Waals surface area (Å²) in [5.74, 6) is -2.90. The molecule has 1 N–H and O–H groups in total. The van der Waals surface area contributed by atoms with E-state index in [4.69, 9.17) is 23.9 Å². The minimum atomic E-state index is -1.26. The van der Waals surface area contributed by atoms with Gasteiger partial charge in [0.1, 0.15) is 22.6 Å². The predicted octanol–water partition coefficient (Wildman–Crippen LogP) is 6.79. The summed E-state index contributed by atoms with van der Waals surface area (Å²) >= 11 is 2.70. The molecule has 16 heteroatoms. The van der Waals surface area contributed by atoms with E-state index in [1.54, 1.807) is 66.2 Å². The Hall–Kier alpha value is -3.92. The van der Waals surface area contributed by atoms with Gasteiger partial charge in [0.15, 0.2) is 0 Å². The lowest BCUT2D eigenvalue weighted by atomic mass is 9.61. The summed E-state index contributed by atoms with van der Waals surface area (Å²) in [7, 11) is 0. The topological polar surface area (TPSA) is 185 Å². The summed E-state index contributed by atoms with van der Waals surface area (Å²) in [5.41, 5.74) is -3.75. The van der Waals surface area contributed by atoms with Crippen LogP contribution in [0.4, 0.5) is 0 Å². The number of aromatic nitrogens is 2. The lowest BCUT2D eigenvalue weighted by Crippen LogP contribution is -2.57. The number of aliphatic carboxylic acids is 1. The Morgan fingerprint density at radius 2 is 1.10 bits per heavy atom. The third-order valence-electron chi connectivity index (χ3n) is 7.62. The van der Waals surface area contributed by atoms with Crippen LogP contribution in [-0.2, 0) is 43.1 Å². The van der Waals surface area contributed by atoms with Gasteiger partial charge in [-0.05, 0) is 73.1 Å². The standard InChI is InChI=1S/C19H28N2O5S.C17H24N2O5S/c1-8-24-15(22)14(13-9-27-12(2)20-13)21-26-19(10-18(6,7)11-19)16(23)25-17(3,4)5;1-10-18-11(7-25-10)12(13(20)21)19-24-17(8-16(5,6)9-17)14(22)23-15(2,3)4/h9H,8,10-11H2,1-7H3;7H,8-9H2,1-6H3,(H,20,21)/b21-14-;19-12-. The lowest BCUT2D eigenvalue weighted by molar-refractivity contribution is -0.214. The van der Waals surface area contributed by atoms with Crippen molar-refractivity contribution in [2.45, 2.75) is 138 Å². The SMILES string of the molecule is CCOC(=O)/C(=N\OC1(C(=O)OC(C)(C)C)CC(C)(C)C1)c1csc(C)n1.Cc1nc(/C(=N/OC2(C(=O)OC(C)(C)C)CC(C)(C)C2)C(=O)O)cs1. The van der Waals surface area contributed by atoms with Crippen LogP contribution < -0.4 is 0 Å². The van der Waals surface area contributed by atoms with Crippen LogP contribution in [-0.4, -0.2) is 79.4 Å². The van der Waals surface area contributed by atoms with Crippen LogP contribution in [0.25, 0.3) is 0 Å². The molecule has 2 aliphatic carbocycles. The number of carboxylic acids is 1. The first kappa shape index (κ1) is 42.5. The van der Waals surface area contributed by atoms with Gasteiger partial charge in [-0.25, -0.2) is 29.1 Å². The van der Waals surface area contributed by atoms with Crippen molar-refractivity contribution in [3.05, 3.63) is 32.2 Å². The molecule has 2 aliphatic rings. The summed E-state index contributed by atoms with van der Waals surface area (Å²) in [4.78, 5) is 68.7. The second kappa shape index (κ2) is 15.6. The smallest absolute Gasteiger partial charge is 0.362 e. The number of thiazole rings is 2. The maximum Gasteiger partial charge on any atom is 0.362 e. The molecule has 4 rings (SSSR count). The molecule has 2 saturated carbocycles. The molecule has 14 nitrogen and oxygen atoms in total. The molecule has 0 atom stereocenters. The van der Waals surface area contributed by atoms with Crippen LogP contribution in [0.15, 0.2) is 21.1 Å². The highest BCUT2D eigenvalue weighted by molar-refractivity contribution is 7.10. The fraction of sp³-hybridized carbons (Fsp3) is 0.667. The van der Waals surface area contributed by atoms with Crippen LogP contribution in [0, 0.1) is 24.7 Å². The maximum atomic E-state index is 12.8. The van der Waals surface area contributed by atoms with E-state index in [9.17, 15) is 24.3 Å². The largest absolute Gasteiger partial charge is 0.476 e. The number of hydrogen-bond acceptors (Lipinski definition) is 15. The molecule has 2 heterocycles. The molecule has 2 fully saturated rings. The van der Waals surface area contributed by atoms with Gasteiger partial charge in [0, 0.05) is 36.4 Å². The molecule has 0 spiro atoms. The van der Waals surface area contributed by atoms with E-state index in [1.165, 1.54) is 22.7 Å². The van der Waals surface area contributed by atoms with E-state index in [-0.39, 0.29) is 34.6 Å². The molecule has 288 valence electrons. The molecule has 52 heavy (non-hydrogen) atoms. The second-order valence-corrected chi connectivity index (χ2v) is 18.7. The number of ether oxygens (including phenoxy) is 3. The maximum absolute atomic E-state index is 12.8. The van der Waals surface area contributed by atoms with Crippen molar-refractivity contribution in [1.82, 2.24) is 9.97 Å². The first-order valence-corrected chi connectivity index (χ1v) is 18.7. The Morgan fingerprint density at radius 1 is 0.731 bits per heavy atom. The quantitative estimate of drug-likeness (QED) is 0.109. The van der Waals surface area contributed by atoms with Crippen molar-refractivity contribution in [2.24, 2.45) is 21.1 Å². The fourth-order valence-electron chi connectivity index (χ4n) is 6.02. The van der Waals surface area contributed by atoms with Crippen LogP contribution in [0.1, 0.15) is 123 Å². The third kappa shape index (κ3) is 11.3. The Balaban J connectivity index is 0.000000281. The van der Waals surface area contributed by atoms with Gasteiger partial charge in [0.25, 0.3) is 0 Å². The number of aryl methyl sites for hydroxylation is 2. The number of nitrogens with zero attached hydrogens (tertiary/aromatic N) is 4. The summed E-state index contributed by atoms with van der Waals surface area (Å²) in [6, 6.07) is 0. The molecule has 0 radical (unpaired) electrons. The number of carboxylic acid groups (broad SMARTS) is 1. The minimum absolute atomic E-state index is 0.0474. The molecule has 0 unspecified atom stereocenters. The summed E-state index contributed by atoms with van der Waals surface area (Å²) in [6.07, 6.45) is 1.71. The summed E-state index contributed by atoms with van der Waals surface area (Å²) in [5, 5.41) is 22.0. The van der Waals surface area contributed by atoms with E-state index in [2.05, 4.69) is 20.3 Å². The van der Waals surface area contributed by atoms with Crippen LogP contribution >= 0.6 is 22.7 Å². The Bertz CT molecular complexity index is 1690. The number of rotatable bonds is 11. The van der Waals surface area contributed by atoms with E-state index in [1.807, 2.05) is 34.6 Å². The van der Waals surface area contributed by atoms with Gasteiger partial charge < -0.3 is 29.0 Å². The zero-order valence-electron chi connectivity index (χ0n) is 32.4. The van der Waals surface area contributed by atoms with Gasteiger partial charge in [-0.2, -0.15) is 0 Å². The zero-order chi connectivity index (χ0) is 39.5. The van der Waals surface area contributed by atoms with Crippen molar-refractivity contribution in [1.29, 1.82) is 0 Å². The molecular formula is C36H52N4O10S2. The van der Waals surface area contributed by atoms with Crippen molar-refractivity contribution >= 4 is 58.0 Å². The van der Waals surface area contributed by atoms with Crippen LogP contribution in [0.5, 0.6) is 0 Å². The molecule has 0 amide bonds. The van der Waals surface area contributed by atoms with Gasteiger partial charge in [0.05, 0.1) is 16.6 Å². The fourth-order valence-corrected chi connectivity index (χ4v) is 7.21. The Morgan fingerprint density at radius 3 is 1.38 bits per heavy atom. The van der Waals surface area contributed by atoms with Crippen LogP contribution in [0.2, 0.25) is 0 Å². The van der Waals surface area contributed by atoms with Crippen LogP contribution in [0.3, 0.4) is 0 Å². The average Bonchev–Trinajstić information content (AvgIpc) is 3.57. The highest BCUT2D eigenvalue weighted by atomic mass is 32.1. The van der Waals surface area contributed by atoms with Crippen molar-refractivity contribution in [3.63, 3.8) is 0 Å². The monoisotopic (exact) mass is 764 g/mol. The first-order chi connectivity index (χ1) is 23.7. The summed E-state index contributed by atoms with van der Waals surface area (Å²) in [6.45, 7) is 24.3. The van der Waals surface area contributed by atoms with Gasteiger partial charge in [0.2, 0.25) is 22.6 Å². The van der Waals surface area contributed by atoms with E-state index in [0.717, 1.165) is 10.0 Å². The molecule has 0 saturated heterocycles. The van der Waals surface area contributed by atoms with Crippen molar-refractivity contribution in [3.8, 4) is 0 Å². The van der Waals surface area contributed by atoms with E-state index in [0.29, 0.717) is 31.4 Å². The molecule has 0 aromatic carbocycles. The molecular weight excluding hydrogens is 713 g/mol. The first-order valence-electron chi connectivity index (χ1n) is 17.0. The predicted molar refractivity (Wildman–Crippen MR) is 196 cm³/mol. The molecule has 0 aliphatic heterocycles. The highest BCUT2D eigenvalue weighted by Gasteiger charge is 2.60. The Kier molecular flexibility index (Phi) is 12.7. The number of esters is 3. The highest BCUT2D eigenvalue weighted by Crippen LogP contribution is 2.52. The number of carbonyl (C=O) groups excluding carboxylic acids is 3. The van der Waals surface area contributed by atoms with Gasteiger partial charge in [-0.1, -0.05) is 38.0 Å². The Labute approximate surface area is 313 Å². The number of hydrogen-bond donors (Lipinski definition) is 1. The molecule has 2 aromatic heterocycles. The van der Waals surface area contributed by atoms with E-state index < -0.39 is 46.3 Å². The second-order valence-electron chi connectivity index (χ2n) is 16.6. The zero-order valence-corrected chi connectivity index (χ0v) is 34.1. The van der Waals surface area contributed by atoms with Crippen molar-refractivity contribution in [2.75, 3.05) is 6.61 Å². The van der Waals surface area contributed by atoms with Crippen molar-refractivity contribution < 1.29 is 48.2 Å². The average molecular weight is 765 g/mol. The van der Waals surface area contributed by atoms with Gasteiger partial charge >= 0.3 is 23.9 Å². The molecule has 2 aromatic rings. The molecule has 0 bridgehead atoms.